The van der Waals surface area contributed by atoms with Gasteiger partial charge in [0, 0.05) is 75.0 Å². The van der Waals surface area contributed by atoms with Crippen molar-refractivity contribution in [3.63, 3.8) is 0 Å². The van der Waals surface area contributed by atoms with E-state index in [1.165, 1.54) is 29.4 Å². The van der Waals surface area contributed by atoms with Gasteiger partial charge in [0.15, 0.2) is 29.7 Å². The Bertz CT molecular complexity index is 3560. The van der Waals surface area contributed by atoms with Crippen LogP contribution in [0.15, 0.2) is 61.3 Å². The van der Waals surface area contributed by atoms with Crippen molar-refractivity contribution in [2.24, 2.45) is 5.92 Å². The van der Waals surface area contributed by atoms with Crippen molar-refractivity contribution in [1.29, 1.82) is 0 Å². The second kappa shape index (κ2) is 28.6. The second-order valence-electron chi connectivity index (χ2n) is 21.7. The SMILES string of the molecule is Nc1nc(NCCNC(=O)CNC(=O)[C@@H](CC(=O)CNC(=O)CCC(=O)CCCCCN2C(=O)C=CC2=O)Cc2ccccc2)nc2c1ncn2[C@@H]1O[C@@H]2COP(O)(=S)O[C@H]3[C@@H](O)[C@H](n4cc5c6c(ncnc64)CCCC5)O[C@@H]3COP(O)(=S)O[C@@H]1[C@@H]2O. The van der Waals surface area contributed by atoms with E-state index in [1.807, 2.05) is 6.20 Å². The van der Waals surface area contributed by atoms with E-state index >= 15 is 0 Å². The van der Waals surface area contributed by atoms with Crippen molar-refractivity contribution in [2.45, 2.75) is 126 Å². The Morgan fingerprint density at radius 2 is 1.47 bits per heavy atom. The van der Waals surface area contributed by atoms with Gasteiger partial charge in [-0.2, -0.15) is 9.97 Å². The average molecular weight is 1300 g/mol. The van der Waals surface area contributed by atoms with E-state index in [-0.39, 0.29) is 98.8 Å². The van der Waals surface area contributed by atoms with E-state index in [0.717, 1.165) is 52.8 Å². The van der Waals surface area contributed by atoms with Crippen LogP contribution >= 0.6 is 13.4 Å². The number of amides is 5. The van der Waals surface area contributed by atoms with Gasteiger partial charge in [0.25, 0.3) is 11.8 Å². The summed E-state index contributed by atoms with van der Waals surface area (Å²) in [7, 11) is 0. The molecule has 472 valence electrons. The van der Waals surface area contributed by atoms with Gasteiger partial charge in [-0.15, -0.1) is 0 Å². The fourth-order valence-corrected chi connectivity index (χ4v) is 13.9. The molecule has 2 unspecified atom stereocenters. The Morgan fingerprint density at radius 1 is 0.739 bits per heavy atom. The molecular formula is C54H67N13O17P2S2. The third kappa shape index (κ3) is 15.7. The molecule has 5 aromatic rings. The highest BCUT2D eigenvalue weighted by atomic mass is 32.5. The number of aliphatic hydroxyl groups is 2. The summed E-state index contributed by atoms with van der Waals surface area (Å²) in [5.41, 5.74) is 9.65. The molecule has 30 nitrogen and oxygen atoms in total. The molecule has 34 heteroatoms. The molecule has 4 aromatic heterocycles. The van der Waals surface area contributed by atoms with Crippen molar-refractivity contribution in [2.75, 3.05) is 57.0 Å². The van der Waals surface area contributed by atoms with Crippen molar-refractivity contribution in [3.8, 4) is 0 Å². The van der Waals surface area contributed by atoms with Gasteiger partial charge in [-0.1, -0.05) is 36.8 Å². The molecule has 3 fully saturated rings. The number of aromatic nitrogens is 7. The number of imide groups is 1. The molecule has 5 amide bonds. The third-order valence-electron chi connectivity index (χ3n) is 15.5. The maximum absolute atomic E-state index is 13.5. The van der Waals surface area contributed by atoms with Crippen LogP contribution in [0.2, 0.25) is 0 Å². The van der Waals surface area contributed by atoms with Gasteiger partial charge in [-0.3, -0.25) is 52.1 Å². The van der Waals surface area contributed by atoms with Gasteiger partial charge in [-0.05, 0) is 79.7 Å². The van der Waals surface area contributed by atoms with Gasteiger partial charge in [0.2, 0.25) is 23.7 Å². The van der Waals surface area contributed by atoms with E-state index in [9.17, 15) is 53.6 Å². The number of anilines is 2. The number of Topliss-reactive ketones (excluding diaryl/α,β-unsaturated/α-hetero) is 2. The van der Waals surface area contributed by atoms with Gasteiger partial charge >= 0.3 is 13.4 Å². The Morgan fingerprint density at radius 3 is 2.24 bits per heavy atom. The zero-order valence-electron chi connectivity index (χ0n) is 47.4. The van der Waals surface area contributed by atoms with Gasteiger partial charge < -0.3 is 70.1 Å². The first-order valence-corrected chi connectivity index (χ1v) is 33.9. The number of rotatable bonds is 24. The number of nitrogens with zero attached hydrogens (tertiary/aromatic N) is 8. The summed E-state index contributed by atoms with van der Waals surface area (Å²) in [5, 5.41) is 35.1. The summed E-state index contributed by atoms with van der Waals surface area (Å²) in [4.78, 5) is 134. The number of benzene rings is 1. The van der Waals surface area contributed by atoms with Gasteiger partial charge in [-0.25, -0.2) is 15.0 Å². The van der Waals surface area contributed by atoms with Crippen molar-refractivity contribution in [3.05, 3.63) is 78.2 Å². The van der Waals surface area contributed by atoms with Crippen molar-refractivity contribution < 1.29 is 81.1 Å². The molecule has 2 bridgehead atoms. The first kappa shape index (κ1) is 64.5. The molecule has 5 aliphatic rings. The number of fused-ring (bicyclic) bond motifs is 4. The van der Waals surface area contributed by atoms with Crippen LogP contribution in [-0.4, -0.2) is 183 Å². The van der Waals surface area contributed by atoms with Crippen LogP contribution in [0, 0.1) is 5.92 Å². The van der Waals surface area contributed by atoms with Crippen molar-refractivity contribution in [1.82, 2.24) is 54.9 Å². The molecule has 4 aliphatic heterocycles. The fraction of sp³-hybridized carbons (Fsp3) is 0.519. The molecule has 10 rings (SSSR count). The van der Waals surface area contributed by atoms with E-state index < -0.39 is 112 Å². The molecule has 3 saturated heterocycles. The highest BCUT2D eigenvalue weighted by Gasteiger charge is 2.53. The largest absolute Gasteiger partial charge is 0.387 e. The third-order valence-corrected chi connectivity index (χ3v) is 18.6. The fourth-order valence-electron chi connectivity index (χ4n) is 11.1. The normalized spacial score (nSPS) is 26.6. The summed E-state index contributed by atoms with van der Waals surface area (Å²) >= 11 is 10.9. The highest BCUT2D eigenvalue weighted by Crippen LogP contribution is 2.54. The topological polar surface area (TPSA) is 407 Å². The lowest BCUT2D eigenvalue weighted by atomic mass is 9.93. The van der Waals surface area contributed by atoms with Crippen LogP contribution in [-0.2, 0) is 104 Å². The number of hydrogen-bond donors (Lipinski definition) is 9. The first-order valence-electron chi connectivity index (χ1n) is 28.7. The van der Waals surface area contributed by atoms with E-state index in [2.05, 4.69) is 46.2 Å². The number of hydrogen-bond acceptors (Lipinski definition) is 24. The standard InChI is InChI=1S/C54H67N13O17P2S2/c55-48-43-50(64-54(63-48)57-19-18-56-39(71)24-59-51(76)32(21-30-9-3-1-4-10-30)22-34(69)23-58-38(70)15-14-33(68)12-5-2-8-20-65-40(72)16-17-41(65)73)67(29-62-43)53-47-44(74)36(81-53)26-79-85(77,87)83-46-37(27-80-86(78,88)84-47)82-52(45(46)75)66-25-31-11-6-7-13-35-42(31)49(66)61-28-60-35/h1,3-4,9-10,16-17,25,28-29,32,36-37,44-47,52-53,74-75H,2,5-8,11-15,18-24,26-27H2,(H,56,71)(H,58,70)(H,59,76)(H,77,87)(H,78,88)(H3,55,57,63,64)/t32-,36-,37-,44-,45-,46-,47-,52-,53-,85?,86?/m1/s1. The molecule has 1 aliphatic carbocycles. The van der Waals surface area contributed by atoms with Gasteiger partial charge in [0.1, 0.15) is 59.9 Å². The number of ether oxygens (including phenoxy) is 2. The number of carbonyl (C=O) groups excluding carboxylic acids is 7. The molecule has 0 radical (unpaired) electrons. The number of nitrogens with two attached hydrogens (primary N) is 1. The Balaban J connectivity index is 0.705. The zero-order valence-corrected chi connectivity index (χ0v) is 50.8. The van der Waals surface area contributed by atoms with E-state index in [0.29, 0.717) is 24.9 Å². The molecule has 11 atom stereocenters. The van der Waals surface area contributed by atoms with Crippen molar-refractivity contribution >= 4 is 112 Å². The molecule has 88 heavy (non-hydrogen) atoms. The van der Waals surface area contributed by atoms with Crippen LogP contribution in [0.5, 0.6) is 0 Å². The minimum absolute atomic E-state index is 0.000215. The molecule has 0 saturated carbocycles. The number of carbonyl (C=O) groups is 7. The monoisotopic (exact) mass is 1300 g/mol. The predicted molar refractivity (Wildman–Crippen MR) is 318 cm³/mol. The summed E-state index contributed by atoms with van der Waals surface area (Å²) < 4.78 is 39.1. The maximum Gasteiger partial charge on any atom is 0.325 e. The molecule has 10 N–H and O–H groups in total. The summed E-state index contributed by atoms with van der Waals surface area (Å²) in [6.07, 6.45) is 1.10. The van der Waals surface area contributed by atoms with Crippen LogP contribution in [0.4, 0.5) is 11.8 Å². The number of ketones is 2. The number of nitrogen functional groups attached to an aromatic ring is 1. The number of aryl methyl sites for hydroxylation is 2. The van der Waals surface area contributed by atoms with E-state index in [1.54, 1.807) is 34.9 Å². The smallest absolute Gasteiger partial charge is 0.325 e. The Kier molecular flexibility index (Phi) is 20.9. The number of unbranched alkanes of at least 4 members (excludes halogenated alkanes) is 2. The lowest BCUT2D eigenvalue weighted by molar-refractivity contribution is -0.137. The lowest BCUT2D eigenvalue weighted by Gasteiger charge is -2.28. The minimum Gasteiger partial charge on any atom is -0.387 e. The quantitative estimate of drug-likeness (QED) is 0.0235. The Hall–Kier alpha value is -6.48. The predicted octanol–water partition coefficient (Wildman–Crippen LogP) is 0.913. The zero-order chi connectivity index (χ0) is 62.3. The average Bonchev–Trinajstić information content (AvgIpc) is 1.74. The molecular weight excluding hydrogens is 1230 g/mol. The van der Waals surface area contributed by atoms with Crippen LogP contribution < -0.4 is 27.0 Å². The maximum atomic E-state index is 13.5. The van der Waals surface area contributed by atoms with Crippen LogP contribution in [0.25, 0.3) is 22.2 Å². The number of aliphatic hydroxyl groups excluding tert-OH is 2. The minimum atomic E-state index is -4.35. The Labute approximate surface area is 513 Å². The molecule has 0 spiro atoms. The first-order chi connectivity index (χ1) is 42.2. The summed E-state index contributed by atoms with van der Waals surface area (Å²) in [5.74, 6) is -3.95. The lowest BCUT2D eigenvalue weighted by Crippen LogP contribution is -2.42. The van der Waals surface area contributed by atoms with Crippen LogP contribution in [0.3, 0.4) is 0 Å². The summed E-state index contributed by atoms with van der Waals surface area (Å²) in [6.45, 7) is -10.2. The highest BCUT2D eigenvalue weighted by molar-refractivity contribution is 8.07. The molecule has 1 aromatic carbocycles. The van der Waals surface area contributed by atoms with E-state index in [4.69, 9.17) is 56.9 Å². The van der Waals surface area contributed by atoms with Crippen LogP contribution in [0.1, 0.15) is 87.1 Å². The molecule has 8 heterocycles. The summed E-state index contributed by atoms with van der Waals surface area (Å²) in [6, 6.07) is 8.96. The number of imidazole rings is 1. The number of nitrogens with one attached hydrogen (secondary N) is 4. The van der Waals surface area contributed by atoms with Gasteiger partial charge in [0.05, 0.1) is 38.3 Å². The second-order valence-corrected chi connectivity index (χ2v) is 27.3.